The van der Waals surface area contributed by atoms with E-state index in [0.29, 0.717) is 61.3 Å². The molecule has 2 aromatic heterocycles. The lowest BCUT2D eigenvalue weighted by atomic mass is 10.1. The Morgan fingerprint density at radius 1 is 1.14 bits per heavy atom. The smallest absolute Gasteiger partial charge is 0.422 e. The van der Waals surface area contributed by atoms with Crippen LogP contribution >= 0.6 is 0 Å². The van der Waals surface area contributed by atoms with Gasteiger partial charge in [0.1, 0.15) is 11.5 Å². The van der Waals surface area contributed by atoms with Gasteiger partial charge in [-0.05, 0) is 26.3 Å². The number of hydrogen-bond donors (Lipinski definition) is 1. The highest BCUT2D eigenvalue weighted by atomic mass is 19.4. The van der Waals surface area contributed by atoms with Gasteiger partial charge in [-0.25, -0.2) is 9.97 Å². The second-order valence-electron chi connectivity index (χ2n) is 9.42. The molecule has 2 aromatic rings. The number of rotatable bonds is 7. The minimum absolute atomic E-state index is 0.0110. The number of carbonyl (C=O) groups is 2. The van der Waals surface area contributed by atoms with Gasteiger partial charge in [-0.1, -0.05) is 6.07 Å². The van der Waals surface area contributed by atoms with Crippen molar-refractivity contribution in [2.24, 2.45) is 0 Å². The third-order valence-corrected chi connectivity index (χ3v) is 6.41. The van der Waals surface area contributed by atoms with Crippen molar-refractivity contribution in [3.8, 4) is 5.88 Å². The predicted octanol–water partition coefficient (Wildman–Crippen LogP) is 3.02. The molecule has 1 atom stereocenters. The molecule has 10 nitrogen and oxygen atoms in total. The molecule has 2 aliphatic heterocycles. The van der Waals surface area contributed by atoms with Gasteiger partial charge in [0.05, 0.1) is 12.6 Å². The van der Waals surface area contributed by atoms with Crippen molar-refractivity contribution in [3.05, 3.63) is 35.2 Å². The second kappa shape index (κ2) is 10.4. The van der Waals surface area contributed by atoms with E-state index < -0.39 is 12.8 Å². The maximum atomic E-state index is 13.1. The molecule has 1 fully saturated rings. The lowest BCUT2D eigenvalue weighted by Crippen LogP contribution is -2.48. The maximum absolute atomic E-state index is 13.1. The monoisotopic (exact) mass is 521 g/mol. The van der Waals surface area contributed by atoms with Crippen molar-refractivity contribution in [2.45, 2.75) is 52.5 Å². The SMILES string of the molecule is CC(=O)N1CCN(c2nc(NC(C)c3ccc(OCC(F)(F)F)nc3)c3c(n2)C(=O)N(C(C)C)C3)CC1. The molecular formula is C24H30F3N7O3. The summed E-state index contributed by atoms with van der Waals surface area (Å²) in [5, 5.41) is 3.34. The third kappa shape index (κ3) is 6.03. The number of nitrogens with one attached hydrogen (secondary N) is 1. The van der Waals surface area contributed by atoms with Gasteiger partial charge in [-0.15, -0.1) is 0 Å². The van der Waals surface area contributed by atoms with Crippen LogP contribution in [-0.2, 0) is 11.3 Å². The molecule has 1 unspecified atom stereocenters. The minimum Gasteiger partial charge on any atom is -0.468 e. The fourth-order valence-corrected chi connectivity index (χ4v) is 4.25. The zero-order chi connectivity index (χ0) is 26.9. The van der Waals surface area contributed by atoms with Crippen molar-refractivity contribution in [2.75, 3.05) is 43.0 Å². The molecule has 0 aromatic carbocycles. The Morgan fingerprint density at radius 3 is 2.41 bits per heavy atom. The Bertz CT molecular complexity index is 1150. The number of ether oxygens (including phenoxy) is 1. The van der Waals surface area contributed by atoms with Crippen LogP contribution in [0, 0.1) is 0 Å². The van der Waals surface area contributed by atoms with E-state index in [1.807, 2.05) is 25.7 Å². The molecule has 0 radical (unpaired) electrons. The van der Waals surface area contributed by atoms with Crippen molar-refractivity contribution in [1.82, 2.24) is 24.8 Å². The van der Waals surface area contributed by atoms with Crippen LogP contribution < -0.4 is 15.0 Å². The first-order valence-corrected chi connectivity index (χ1v) is 12.1. The van der Waals surface area contributed by atoms with Crippen LogP contribution in [0.15, 0.2) is 18.3 Å². The van der Waals surface area contributed by atoms with Crippen molar-refractivity contribution in [1.29, 1.82) is 0 Å². The lowest BCUT2D eigenvalue weighted by Gasteiger charge is -2.34. The van der Waals surface area contributed by atoms with E-state index in [4.69, 9.17) is 4.98 Å². The number of halogens is 3. The van der Waals surface area contributed by atoms with Crippen LogP contribution in [0.3, 0.4) is 0 Å². The Morgan fingerprint density at radius 2 is 1.84 bits per heavy atom. The molecule has 200 valence electrons. The summed E-state index contributed by atoms with van der Waals surface area (Å²) in [6, 6.07) is 2.66. The fraction of sp³-hybridized carbons (Fsp3) is 0.542. The summed E-state index contributed by atoms with van der Waals surface area (Å²) < 4.78 is 41.9. The first kappa shape index (κ1) is 26.4. The molecule has 2 aliphatic rings. The number of fused-ring (bicyclic) bond motifs is 1. The first-order chi connectivity index (χ1) is 17.4. The Kier molecular flexibility index (Phi) is 7.42. The van der Waals surface area contributed by atoms with Crippen LogP contribution in [0.25, 0.3) is 0 Å². The van der Waals surface area contributed by atoms with Gasteiger partial charge in [0, 0.05) is 57.0 Å². The summed E-state index contributed by atoms with van der Waals surface area (Å²) in [5.41, 5.74) is 1.74. The molecule has 0 bridgehead atoms. The number of nitrogens with zero attached hydrogens (tertiary/aromatic N) is 6. The predicted molar refractivity (Wildman–Crippen MR) is 129 cm³/mol. The van der Waals surface area contributed by atoms with E-state index in [9.17, 15) is 22.8 Å². The number of piperazine rings is 1. The number of aromatic nitrogens is 3. The Labute approximate surface area is 212 Å². The van der Waals surface area contributed by atoms with Crippen LogP contribution in [0.1, 0.15) is 55.4 Å². The zero-order valence-corrected chi connectivity index (χ0v) is 21.2. The number of alkyl halides is 3. The summed E-state index contributed by atoms with van der Waals surface area (Å²) in [5.74, 6) is 0.637. The quantitative estimate of drug-likeness (QED) is 0.593. The Balaban J connectivity index is 1.57. The summed E-state index contributed by atoms with van der Waals surface area (Å²) >= 11 is 0. The average molecular weight is 522 g/mol. The molecule has 1 N–H and O–H groups in total. The molecule has 13 heteroatoms. The van der Waals surface area contributed by atoms with Gasteiger partial charge in [-0.2, -0.15) is 18.2 Å². The number of hydrogen-bond acceptors (Lipinski definition) is 8. The van der Waals surface area contributed by atoms with E-state index >= 15 is 0 Å². The third-order valence-electron chi connectivity index (χ3n) is 6.41. The fourth-order valence-electron chi connectivity index (χ4n) is 4.25. The number of carbonyl (C=O) groups excluding carboxylic acids is 2. The van der Waals surface area contributed by atoms with E-state index in [1.165, 1.54) is 19.2 Å². The van der Waals surface area contributed by atoms with Crippen molar-refractivity contribution in [3.63, 3.8) is 0 Å². The van der Waals surface area contributed by atoms with Gasteiger partial charge in [0.25, 0.3) is 5.91 Å². The van der Waals surface area contributed by atoms with Gasteiger partial charge in [0.2, 0.25) is 17.7 Å². The average Bonchev–Trinajstić information content (AvgIpc) is 3.19. The lowest BCUT2D eigenvalue weighted by molar-refractivity contribution is -0.154. The molecule has 0 saturated carbocycles. The summed E-state index contributed by atoms with van der Waals surface area (Å²) in [6.07, 6.45) is -3.00. The Hall–Kier alpha value is -3.64. The number of anilines is 2. The van der Waals surface area contributed by atoms with E-state index in [1.54, 1.807) is 15.9 Å². The normalized spacial score (nSPS) is 16.8. The topological polar surface area (TPSA) is 104 Å². The summed E-state index contributed by atoms with van der Waals surface area (Å²) in [4.78, 5) is 43.6. The van der Waals surface area contributed by atoms with Gasteiger partial charge >= 0.3 is 6.18 Å². The zero-order valence-electron chi connectivity index (χ0n) is 21.2. The summed E-state index contributed by atoms with van der Waals surface area (Å²) in [6.45, 7) is 8.37. The molecule has 0 spiro atoms. The first-order valence-electron chi connectivity index (χ1n) is 12.1. The van der Waals surface area contributed by atoms with Gasteiger partial charge in [0.15, 0.2) is 6.61 Å². The van der Waals surface area contributed by atoms with Crippen LogP contribution in [0.4, 0.5) is 24.9 Å². The standard InChI is InChI=1S/C24H30F3N7O3/c1-14(2)34-12-18-20(22(34)36)30-23(33-9-7-32(8-10-33)16(4)35)31-21(18)29-15(3)17-5-6-19(28-11-17)37-13-24(25,26)27/h5-6,11,14-15H,7-10,12-13H2,1-4H3,(H,29,30,31). The highest BCUT2D eigenvalue weighted by Gasteiger charge is 2.35. The van der Waals surface area contributed by atoms with E-state index in [0.717, 1.165) is 0 Å². The van der Waals surface area contributed by atoms with Gasteiger partial charge in [-0.3, -0.25) is 9.59 Å². The minimum atomic E-state index is -4.44. The second-order valence-corrected chi connectivity index (χ2v) is 9.42. The summed E-state index contributed by atoms with van der Waals surface area (Å²) in [7, 11) is 0. The van der Waals surface area contributed by atoms with Crippen LogP contribution in [-0.4, -0.2) is 81.6 Å². The molecule has 4 heterocycles. The van der Waals surface area contributed by atoms with Crippen LogP contribution in [0.2, 0.25) is 0 Å². The molecule has 2 amide bonds. The molecule has 4 rings (SSSR count). The van der Waals surface area contributed by atoms with E-state index in [2.05, 4.69) is 20.0 Å². The number of amides is 2. The molecule has 1 saturated heterocycles. The van der Waals surface area contributed by atoms with Gasteiger partial charge < -0.3 is 24.8 Å². The molecule has 37 heavy (non-hydrogen) atoms. The number of pyridine rings is 1. The highest BCUT2D eigenvalue weighted by Crippen LogP contribution is 2.32. The highest BCUT2D eigenvalue weighted by molar-refractivity contribution is 5.98. The molecular weight excluding hydrogens is 491 g/mol. The van der Waals surface area contributed by atoms with Crippen LogP contribution in [0.5, 0.6) is 5.88 Å². The largest absolute Gasteiger partial charge is 0.468 e. The van der Waals surface area contributed by atoms with E-state index in [-0.39, 0.29) is 29.8 Å². The van der Waals surface area contributed by atoms with Crippen molar-refractivity contribution < 1.29 is 27.5 Å². The molecule has 0 aliphatic carbocycles. The maximum Gasteiger partial charge on any atom is 0.422 e. The van der Waals surface area contributed by atoms with Crippen molar-refractivity contribution >= 4 is 23.6 Å².